The molecule has 178 valence electrons. The van der Waals surface area contributed by atoms with Gasteiger partial charge in [0.05, 0.1) is 6.54 Å². The van der Waals surface area contributed by atoms with Crippen LogP contribution in [-0.4, -0.2) is 66.7 Å². The fourth-order valence-electron chi connectivity index (χ4n) is 4.43. The lowest BCUT2D eigenvalue weighted by Gasteiger charge is -2.39. The Kier molecular flexibility index (Phi) is 7.10. The van der Waals surface area contributed by atoms with Crippen molar-refractivity contribution in [3.05, 3.63) is 59.7 Å². The van der Waals surface area contributed by atoms with Crippen LogP contribution in [0.1, 0.15) is 29.9 Å². The summed E-state index contributed by atoms with van der Waals surface area (Å²) in [5.41, 5.74) is 4.46. The molecule has 0 saturated carbocycles. The number of hydrogen-bond donors (Lipinski definition) is 3. The van der Waals surface area contributed by atoms with Crippen molar-refractivity contribution in [3.63, 3.8) is 0 Å². The molecule has 0 bridgehead atoms. The van der Waals surface area contributed by atoms with E-state index in [9.17, 15) is 19.2 Å². The lowest BCUT2D eigenvalue weighted by atomic mass is 9.94. The minimum atomic E-state index is -0.846. The van der Waals surface area contributed by atoms with Crippen LogP contribution in [0.4, 0.5) is 4.79 Å². The van der Waals surface area contributed by atoms with Gasteiger partial charge in [0.1, 0.15) is 13.2 Å². The first-order chi connectivity index (χ1) is 16.4. The van der Waals surface area contributed by atoms with Gasteiger partial charge in [-0.2, -0.15) is 0 Å². The second-order valence-electron chi connectivity index (χ2n) is 8.55. The van der Waals surface area contributed by atoms with Crippen molar-refractivity contribution in [2.45, 2.75) is 18.8 Å². The van der Waals surface area contributed by atoms with Crippen LogP contribution < -0.4 is 10.6 Å². The maximum absolute atomic E-state index is 12.1. The van der Waals surface area contributed by atoms with Crippen LogP contribution in [0.2, 0.25) is 0 Å². The number of carboxylic acid groups (broad SMARTS) is 1. The van der Waals surface area contributed by atoms with Gasteiger partial charge in [-0.05, 0) is 34.6 Å². The predicted molar refractivity (Wildman–Crippen MR) is 123 cm³/mol. The molecular weight excluding hydrogens is 438 g/mol. The Balaban J connectivity index is 1.16. The molecule has 0 atom stereocenters. The molecule has 0 spiro atoms. The summed E-state index contributed by atoms with van der Waals surface area (Å²) in [5, 5.41) is 13.6. The maximum Gasteiger partial charge on any atom is 0.407 e. The molecule has 34 heavy (non-hydrogen) atoms. The minimum absolute atomic E-state index is 0.0690. The van der Waals surface area contributed by atoms with E-state index in [0.29, 0.717) is 19.5 Å². The van der Waals surface area contributed by atoms with Gasteiger partial charge < -0.3 is 25.4 Å². The topological polar surface area (TPSA) is 125 Å². The van der Waals surface area contributed by atoms with E-state index < -0.39 is 18.0 Å². The number of nitrogens with one attached hydrogen (secondary N) is 2. The van der Waals surface area contributed by atoms with Crippen LogP contribution in [0.5, 0.6) is 0 Å². The van der Waals surface area contributed by atoms with Crippen molar-refractivity contribution < 1.29 is 29.0 Å². The van der Waals surface area contributed by atoms with Gasteiger partial charge in [-0.25, -0.2) is 4.79 Å². The van der Waals surface area contributed by atoms with Crippen molar-refractivity contribution in [2.75, 3.05) is 32.8 Å². The third-order valence-electron chi connectivity index (χ3n) is 6.25. The number of likely N-dealkylation sites (tertiary alicyclic amines) is 1. The highest BCUT2D eigenvalue weighted by atomic mass is 16.5. The van der Waals surface area contributed by atoms with Gasteiger partial charge in [-0.15, -0.1) is 0 Å². The Labute approximate surface area is 197 Å². The Morgan fingerprint density at radius 3 is 2.15 bits per heavy atom. The Morgan fingerprint density at radius 1 is 0.912 bits per heavy atom. The molecule has 3 N–H and O–H groups in total. The van der Waals surface area contributed by atoms with E-state index in [4.69, 9.17) is 9.84 Å². The van der Waals surface area contributed by atoms with Gasteiger partial charge in [0.15, 0.2) is 0 Å². The predicted octanol–water partition coefficient (Wildman–Crippen LogP) is 1.96. The lowest BCUT2D eigenvalue weighted by Crippen LogP contribution is -2.53. The van der Waals surface area contributed by atoms with Crippen molar-refractivity contribution in [1.82, 2.24) is 15.5 Å². The van der Waals surface area contributed by atoms with E-state index in [2.05, 4.69) is 22.8 Å². The highest BCUT2D eigenvalue weighted by Gasteiger charge is 2.31. The Morgan fingerprint density at radius 2 is 1.53 bits per heavy atom. The first-order valence-corrected chi connectivity index (χ1v) is 11.3. The number of hydrogen-bond acceptors (Lipinski definition) is 5. The number of fused-ring (bicyclic) bond motifs is 3. The smallest absolute Gasteiger partial charge is 0.407 e. The minimum Gasteiger partial charge on any atom is -0.481 e. The van der Waals surface area contributed by atoms with Crippen LogP contribution in [0.3, 0.4) is 0 Å². The zero-order chi connectivity index (χ0) is 24.1. The molecular formula is C25H27N3O6. The summed E-state index contributed by atoms with van der Waals surface area (Å²) in [7, 11) is 0. The number of carboxylic acids is 1. The molecule has 2 aliphatic rings. The number of carbonyl (C=O) groups excluding carboxylic acids is 3. The number of aliphatic carboxylic acids is 1. The zero-order valence-electron chi connectivity index (χ0n) is 18.7. The van der Waals surface area contributed by atoms with Gasteiger partial charge in [0.2, 0.25) is 11.8 Å². The number of alkyl carbamates (subject to hydrolysis) is 1. The molecule has 2 aromatic carbocycles. The SMILES string of the molecule is O=C(O)CCC1CN(C(=O)CNC(=O)CNC(=O)OCC2c3ccccc3-c3ccccc32)C1. The van der Waals surface area contributed by atoms with Crippen LogP contribution in [0.15, 0.2) is 48.5 Å². The molecule has 0 radical (unpaired) electrons. The van der Waals surface area contributed by atoms with Crippen LogP contribution in [0, 0.1) is 5.92 Å². The van der Waals surface area contributed by atoms with Crippen molar-refractivity contribution >= 4 is 23.9 Å². The van der Waals surface area contributed by atoms with E-state index >= 15 is 0 Å². The fourth-order valence-corrected chi connectivity index (χ4v) is 4.43. The van der Waals surface area contributed by atoms with Gasteiger partial charge in [0.25, 0.3) is 0 Å². The molecule has 1 fully saturated rings. The van der Waals surface area contributed by atoms with Gasteiger partial charge in [-0.3, -0.25) is 14.4 Å². The normalized spacial score (nSPS) is 14.5. The van der Waals surface area contributed by atoms with Crippen molar-refractivity contribution in [2.24, 2.45) is 5.92 Å². The number of amides is 3. The standard InChI is InChI=1S/C25H27N3O6/c29-22(26-12-23(30)28-13-16(14-28)9-10-24(31)32)11-27-25(33)34-15-21-19-7-3-1-5-17(19)18-6-2-4-8-20(18)21/h1-8,16,21H,9-15H2,(H,26,29)(H,27,33)(H,31,32). The monoisotopic (exact) mass is 465 g/mol. The van der Waals surface area contributed by atoms with Crippen molar-refractivity contribution in [1.29, 1.82) is 0 Å². The molecule has 4 rings (SSSR count). The molecule has 0 aromatic heterocycles. The van der Waals surface area contributed by atoms with Crippen LogP contribution in [-0.2, 0) is 19.1 Å². The van der Waals surface area contributed by atoms with Gasteiger partial charge in [-0.1, -0.05) is 48.5 Å². The molecule has 1 aliphatic carbocycles. The second-order valence-corrected chi connectivity index (χ2v) is 8.55. The molecule has 0 unspecified atom stereocenters. The fraction of sp³-hybridized carbons (Fsp3) is 0.360. The quantitative estimate of drug-likeness (QED) is 0.520. The van der Waals surface area contributed by atoms with E-state index in [1.807, 2.05) is 36.4 Å². The Hall–Kier alpha value is -3.88. The highest BCUT2D eigenvalue weighted by Crippen LogP contribution is 2.44. The first kappa shape index (κ1) is 23.3. The third kappa shape index (κ3) is 5.36. The number of benzene rings is 2. The Bertz CT molecular complexity index is 1050. The molecule has 2 aromatic rings. The third-order valence-corrected chi connectivity index (χ3v) is 6.25. The summed E-state index contributed by atoms with van der Waals surface area (Å²) in [6.07, 6.45) is -0.0760. The van der Waals surface area contributed by atoms with E-state index in [1.165, 1.54) is 0 Å². The lowest BCUT2D eigenvalue weighted by molar-refractivity contribution is -0.140. The molecule has 9 nitrogen and oxygen atoms in total. The summed E-state index contributed by atoms with van der Waals surface area (Å²) >= 11 is 0. The summed E-state index contributed by atoms with van der Waals surface area (Å²) in [5.74, 6) is -1.46. The largest absolute Gasteiger partial charge is 0.481 e. The average molecular weight is 466 g/mol. The summed E-state index contributed by atoms with van der Waals surface area (Å²) in [6.45, 7) is 0.681. The molecule has 1 heterocycles. The summed E-state index contributed by atoms with van der Waals surface area (Å²) < 4.78 is 5.38. The maximum atomic E-state index is 12.1. The van der Waals surface area contributed by atoms with Crippen molar-refractivity contribution in [3.8, 4) is 11.1 Å². The summed E-state index contributed by atoms with van der Waals surface area (Å²) in [4.78, 5) is 48.4. The summed E-state index contributed by atoms with van der Waals surface area (Å²) in [6, 6.07) is 16.0. The van der Waals surface area contributed by atoms with E-state index in [1.54, 1.807) is 4.90 Å². The molecule has 9 heteroatoms. The van der Waals surface area contributed by atoms with Crippen LogP contribution >= 0.6 is 0 Å². The number of rotatable bonds is 9. The van der Waals surface area contributed by atoms with Gasteiger partial charge in [0, 0.05) is 25.4 Å². The second kappa shape index (κ2) is 10.4. The first-order valence-electron chi connectivity index (χ1n) is 11.3. The van der Waals surface area contributed by atoms with Gasteiger partial charge >= 0.3 is 12.1 Å². The van der Waals surface area contributed by atoms with E-state index in [-0.39, 0.29) is 43.9 Å². The zero-order valence-corrected chi connectivity index (χ0v) is 18.7. The molecule has 1 saturated heterocycles. The number of ether oxygens (including phenoxy) is 1. The van der Waals surface area contributed by atoms with E-state index in [0.717, 1.165) is 22.3 Å². The highest BCUT2D eigenvalue weighted by molar-refractivity contribution is 5.87. The molecule has 1 aliphatic heterocycles. The average Bonchev–Trinajstić information content (AvgIpc) is 3.12. The molecule has 3 amide bonds. The number of carbonyl (C=O) groups is 4. The van der Waals surface area contributed by atoms with Crippen LogP contribution in [0.25, 0.3) is 11.1 Å². The number of nitrogens with zero attached hydrogens (tertiary/aromatic N) is 1.